The minimum absolute atomic E-state index is 0.00458. The van der Waals surface area contributed by atoms with Crippen LogP contribution in [0.3, 0.4) is 0 Å². The highest BCUT2D eigenvalue weighted by Gasteiger charge is 2.44. The third kappa shape index (κ3) is 4.49. The first-order chi connectivity index (χ1) is 16.7. The number of benzene rings is 3. The van der Waals surface area contributed by atoms with E-state index in [0.29, 0.717) is 39.7 Å². The Bertz CT molecular complexity index is 1330. The Hall–Kier alpha value is -3.08. The van der Waals surface area contributed by atoms with Gasteiger partial charge in [-0.15, -0.1) is 0 Å². The minimum Gasteiger partial charge on any atom is -0.357 e. The first-order valence-electron chi connectivity index (χ1n) is 11.7. The van der Waals surface area contributed by atoms with Gasteiger partial charge in [0.2, 0.25) is 5.91 Å². The molecule has 178 valence electrons. The Morgan fingerprint density at radius 2 is 1.60 bits per heavy atom. The van der Waals surface area contributed by atoms with Crippen molar-refractivity contribution in [1.29, 1.82) is 0 Å². The molecular weight excluding hydrogens is 479 g/mol. The highest BCUT2D eigenvalue weighted by atomic mass is 35.5. The van der Waals surface area contributed by atoms with Gasteiger partial charge in [-0.3, -0.25) is 14.5 Å². The van der Waals surface area contributed by atoms with Crippen LogP contribution in [0.1, 0.15) is 43.9 Å². The fraction of sp³-hybridized carbons (Fsp3) is 0.241. The van der Waals surface area contributed by atoms with E-state index in [1.807, 2.05) is 54.6 Å². The summed E-state index contributed by atoms with van der Waals surface area (Å²) in [6, 6.07) is 21.8. The smallest absolute Gasteiger partial charge is 0.232 e. The zero-order chi connectivity index (χ0) is 24.7. The number of para-hydroxylation sites is 2. The number of nitrogens with one attached hydrogen (secondary N) is 1. The molecule has 0 radical (unpaired) electrons. The van der Waals surface area contributed by atoms with Crippen molar-refractivity contribution in [1.82, 2.24) is 0 Å². The summed E-state index contributed by atoms with van der Waals surface area (Å²) in [5.41, 5.74) is 4.08. The first-order valence-corrected chi connectivity index (χ1v) is 12.4. The Labute approximate surface area is 215 Å². The van der Waals surface area contributed by atoms with E-state index in [1.165, 1.54) is 0 Å². The van der Waals surface area contributed by atoms with Gasteiger partial charge in [0.05, 0.1) is 23.8 Å². The lowest BCUT2D eigenvalue weighted by molar-refractivity contribution is -0.119. The molecule has 6 heteroatoms. The Morgan fingerprint density at radius 1 is 0.943 bits per heavy atom. The zero-order valence-electron chi connectivity index (χ0n) is 19.6. The summed E-state index contributed by atoms with van der Waals surface area (Å²) in [6.45, 7) is 4.17. The van der Waals surface area contributed by atoms with Crippen molar-refractivity contribution in [2.45, 2.75) is 39.2 Å². The number of allylic oxidation sites excluding steroid dienone is 1. The molecule has 0 saturated carbocycles. The highest BCUT2D eigenvalue weighted by Crippen LogP contribution is 2.50. The third-order valence-corrected chi connectivity index (χ3v) is 7.30. The number of halogens is 2. The van der Waals surface area contributed by atoms with E-state index in [4.69, 9.17) is 23.2 Å². The van der Waals surface area contributed by atoms with Crippen molar-refractivity contribution in [2.75, 3.05) is 10.2 Å². The van der Waals surface area contributed by atoms with Gasteiger partial charge >= 0.3 is 0 Å². The van der Waals surface area contributed by atoms with Crippen molar-refractivity contribution >= 4 is 46.3 Å². The maximum Gasteiger partial charge on any atom is 0.232 e. The summed E-state index contributed by atoms with van der Waals surface area (Å²) in [6.07, 6.45) is 1.22. The number of anilines is 2. The van der Waals surface area contributed by atoms with Crippen molar-refractivity contribution in [3.8, 4) is 0 Å². The SMILES string of the molecule is CC1(C)CC(=O)C2=C(C1)Nc1ccccc1N(C(=O)Cc1ccccc1)[C@H]2c1c(Cl)cccc1Cl. The number of amides is 1. The van der Waals surface area contributed by atoms with Crippen molar-refractivity contribution in [3.05, 3.63) is 105 Å². The highest BCUT2D eigenvalue weighted by molar-refractivity contribution is 6.36. The van der Waals surface area contributed by atoms with Gasteiger partial charge in [-0.2, -0.15) is 0 Å². The summed E-state index contributed by atoms with van der Waals surface area (Å²) >= 11 is 13.5. The second kappa shape index (κ2) is 9.18. The fourth-order valence-electron chi connectivity index (χ4n) is 5.16. The van der Waals surface area contributed by atoms with E-state index in [9.17, 15) is 9.59 Å². The van der Waals surface area contributed by atoms with Crippen molar-refractivity contribution in [3.63, 3.8) is 0 Å². The number of nitrogens with zero attached hydrogens (tertiary/aromatic N) is 1. The Balaban J connectivity index is 1.77. The predicted molar refractivity (Wildman–Crippen MR) is 142 cm³/mol. The molecule has 0 unspecified atom stereocenters. The predicted octanol–water partition coefficient (Wildman–Crippen LogP) is 7.38. The van der Waals surface area contributed by atoms with E-state index in [1.54, 1.807) is 23.1 Å². The van der Waals surface area contributed by atoms with Gasteiger partial charge in [-0.05, 0) is 41.7 Å². The van der Waals surface area contributed by atoms with Crippen LogP contribution in [0.2, 0.25) is 10.0 Å². The Kier molecular flexibility index (Phi) is 6.20. The van der Waals surface area contributed by atoms with E-state index in [2.05, 4.69) is 19.2 Å². The Morgan fingerprint density at radius 3 is 2.31 bits per heavy atom. The van der Waals surface area contributed by atoms with E-state index in [-0.39, 0.29) is 23.5 Å². The lowest BCUT2D eigenvalue weighted by Crippen LogP contribution is -2.40. The largest absolute Gasteiger partial charge is 0.357 e. The van der Waals surface area contributed by atoms with Crippen LogP contribution < -0.4 is 10.2 Å². The summed E-state index contributed by atoms with van der Waals surface area (Å²) in [4.78, 5) is 29.5. The molecule has 1 heterocycles. The van der Waals surface area contributed by atoms with E-state index < -0.39 is 6.04 Å². The number of rotatable bonds is 3. The second-order valence-corrected chi connectivity index (χ2v) is 10.8. The van der Waals surface area contributed by atoms with Crippen molar-refractivity contribution in [2.24, 2.45) is 5.41 Å². The summed E-state index contributed by atoms with van der Waals surface area (Å²) in [7, 11) is 0. The van der Waals surface area contributed by atoms with Crippen molar-refractivity contribution < 1.29 is 9.59 Å². The van der Waals surface area contributed by atoms with Gasteiger partial charge in [0.1, 0.15) is 0 Å². The molecular formula is C29H26Cl2N2O2. The summed E-state index contributed by atoms with van der Waals surface area (Å²) in [5, 5.41) is 4.35. The minimum atomic E-state index is -0.748. The molecule has 3 aromatic rings. The first kappa shape index (κ1) is 23.7. The van der Waals surface area contributed by atoms with Gasteiger partial charge in [0.15, 0.2) is 5.78 Å². The van der Waals surface area contributed by atoms with Gasteiger partial charge in [-0.25, -0.2) is 0 Å². The monoisotopic (exact) mass is 504 g/mol. The average Bonchev–Trinajstić information content (AvgIpc) is 2.93. The fourth-order valence-corrected chi connectivity index (χ4v) is 5.77. The molecule has 0 spiro atoms. The molecule has 0 aromatic heterocycles. The molecule has 1 amide bonds. The number of carbonyl (C=O) groups is 2. The van der Waals surface area contributed by atoms with Gasteiger partial charge < -0.3 is 5.32 Å². The zero-order valence-corrected chi connectivity index (χ0v) is 21.2. The summed E-state index contributed by atoms with van der Waals surface area (Å²) < 4.78 is 0. The standard InChI is InChI=1S/C29H26Cl2N2O2/c1-29(2)16-22-27(24(34)17-29)28(26-19(30)11-8-12-20(26)31)33(23-14-7-6-13-21(23)32-22)25(35)15-18-9-4-3-5-10-18/h3-14,28,32H,15-17H2,1-2H3/t28-/m0/s1. The maximum absolute atomic E-state index is 14.1. The molecule has 0 bridgehead atoms. The normalized spacial score (nSPS) is 18.9. The number of hydrogen-bond donors (Lipinski definition) is 1. The lowest BCUT2D eigenvalue weighted by Gasteiger charge is -2.37. The van der Waals surface area contributed by atoms with Crippen LogP contribution in [0.4, 0.5) is 11.4 Å². The molecule has 0 saturated heterocycles. The second-order valence-electron chi connectivity index (χ2n) is 9.94. The van der Waals surface area contributed by atoms with E-state index >= 15 is 0 Å². The third-order valence-electron chi connectivity index (χ3n) is 6.64. The number of carbonyl (C=O) groups excluding carboxylic acids is 2. The quantitative estimate of drug-likeness (QED) is 0.404. The molecule has 5 rings (SSSR count). The topological polar surface area (TPSA) is 49.4 Å². The van der Waals surface area contributed by atoms with Crippen LogP contribution in [0.5, 0.6) is 0 Å². The molecule has 35 heavy (non-hydrogen) atoms. The van der Waals surface area contributed by atoms with Crippen LogP contribution in [-0.4, -0.2) is 11.7 Å². The molecule has 0 fully saturated rings. The van der Waals surface area contributed by atoms with Gasteiger partial charge in [0, 0.05) is 33.3 Å². The van der Waals surface area contributed by atoms with Gasteiger partial charge in [0.25, 0.3) is 0 Å². The van der Waals surface area contributed by atoms with Crippen LogP contribution in [-0.2, 0) is 16.0 Å². The lowest BCUT2D eigenvalue weighted by atomic mass is 9.73. The number of ketones is 1. The molecule has 1 atom stereocenters. The molecule has 2 aliphatic rings. The molecule has 1 aliphatic heterocycles. The molecule has 4 nitrogen and oxygen atoms in total. The van der Waals surface area contributed by atoms with Crippen LogP contribution in [0, 0.1) is 5.41 Å². The number of Topliss-reactive ketones (excluding diaryl/α,β-unsaturated/α-hetero) is 1. The van der Waals surface area contributed by atoms with E-state index in [0.717, 1.165) is 16.9 Å². The number of fused-ring (bicyclic) bond motifs is 1. The molecule has 1 N–H and O–H groups in total. The molecule has 3 aromatic carbocycles. The molecule has 1 aliphatic carbocycles. The maximum atomic E-state index is 14.1. The average molecular weight is 505 g/mol. The summed E-state index contributed by atoms with van der Waals surface area (Å²) in [5.74, 6) is -0.145. The number of hydrogen-bond acceptors (Lipinski definition) is 3. The van der Waals surface area contributed by atoms with Gasteiger partial charge in [-0.1, -0.05) is 85.6 Å². The van der Waals surface area contributed by atoms with Crippen LogP contribution in [0.15, 0.2) is 84.1 Å². The van der Waals surface area contributed by atoms with Crippen LogP contribution in [0.25, 0.3) is 0 Å². The van der Waals surface area contributed by atoms with Crippen LogP contribution >= 0.6 is 23.2 Å².